The van der Waals surface area contributed by atoms with Crippen molar-refractivity contribution < 1.29 is 19.0 Å². The third kappa shape index (κ3) is 7.13. The van der Waals surface area contributed by atoms with E-state index < -0.39 is 5.60 Å². The Morgan fingerprint density at radius 2 is 1.93 bits per heavy atom. The minimum Gasteiger partial charge on any atom is -0.492 e. The average molecular weight is 379 g/mol. The summed E-state index contributed by atoms with van der Waals surface area (Å²) in [5.74, 6) is 0.707. The fraction of sp³-hybridized carbons (Fsp3) is 0.667. The second-order valence-electron chi connectivity index (χ2n) is 7.05. The lowest BCUT2D eigenvalue weighted by atomic mass is 9.97. The van der Waals surface area contributed by atoms with Crippen LogP contribution in [0.15, 0.2) is 24.3 Å². The van der Waals surface area contributed by atoms with Gasteiger partial charge in [0.2, 0.25) is 0 Å². The Hall–Kier alpha value is -1.63. The van der Waals surface area contributed by atoms with E-state index in [1.165, 1.54) is 0 Å². The summed E-state index contributed by atoms with van der Waals surface area (Å²) in [6, 6.07) is 7.51. The number of ether oxygens (including phenoxy) is 3. The highest BCUT2D eigenvalue weighted by Crippen LogP contribution is 2.23. The van der Waals surface area contributed by atoms with Gasteiger partial charge in [0.1, 0.15) is 18.0 Å². The van der Waals surface area contributed by atoms with Gasteiger partial charge in [-0.3, -0.25) is 9.69 Å². The molecule has 6 nitrogen and oxygen atoms in total. The molecule has 1 aromatic carbocycles. The van der Waals surface area contributed by atoms with E-state index in [1.54, 1.807) is 0 Å². The molecule has 1 saturated heterocycles. The highest BCUT2D eigenvalue weighted by atomic mass is 16.5. The topological polar surface area (TPSA) is 60.0 Å². The largest absolute Gasteiger partial charge is 0.492 e. The van der Waals surface area contributed by atoms with Crippen LogP contribution in [0.4, 0.5) is 5.69 Å². The van der Waals surface area contributed by atoms with Crippen molar-refractivity contribution >= 4 is 11.6 Å². The lowest BCUT2D eigenvalue weighted by Gasteiger charge is -2.28. The molecule has 2 rings (SSSR count). The van der Waals surface area contributed by atoms with Gasteiger partial charge in [-0.1, -0.05) is 19.8 Å². The van der Waals surface area contributed by atoms with E-state index in [9.17, 15) is 4.79 Å². The molecule has 1 amide bonds. The molecule has 1 atom stereocenters. The first-order valence-corrected chi connectivity index (χ1v) is 10.1. The Labute approximate surface area is 163 Å². The molecule has 0 aliphatic carbocycles. The Kier molecular flexibility index (Phi) is 9.04. The lowest BCUT2D eigenvalue weighted by Crippen LogP contribution is -2.42. The molecule has 1 aliphatic heterocycles. The summed E-state index contributed by atoms with van der Waals surface area (Å²) >= 11 is 0. The normalized spacial score (nSPS) is 17.3. The number of carbonyl (C=O) groups is 1. The molecule has 0 aromatic heterocycles. The Morgan fingerprint density at radius 1 is 1.22 bits per heavy atom. The maximum atomic E-state index is 12.7. The van der Waals surface area contributed by atoms with Gasteiger partial charge in [-0.15, -0.1) is 0 Å². The van der Waals surface area contributed by atoms with Gasteiger partial charge >= 0.3 is 0 Å². The number of rotatable bonds is 11. The van der Waals surface area contributed by atoms with Gasteiger partial charge < -0.3 is 19.5 Å². The van der Waals surface area contributed by atoms with Crippen molar-refractivity contribution in [2.24, 2.45) is 0 Å². The lowest BCUT2D eigenvalue weighted by molar-refractivity contribution is -0.139. The molecular weight excluding hydrogens is 344 g/mol. The van der Waals surface area contributed by atoms with Crippen LogP contribution in [0, 0.1) is 0 Å². The number of benzene rings is 1. The number of amides is 1. The highest BCUT2D eigenvalue weighted by molar-refractivity contribution is 5.97. The van der Waals surface area contributed by atoms with Crippen LogP contribution >= 0.6 is 0 Å². The summed E-state index contributed by atoms with van der Waals surface area (Å²) in [6.07, 6.45) is 2.71. The number of nitrogens with zero attached hydrogens (tertiary/aromatic N) is 1. The van der Waals surface area contributed by atoms with Crippen LogP contribution in [0.2, 0.25) is 0 Å². The standard InChI is InChI=1S/C21H34N2O4/c1-4-6-11-21(3,27-5-2)20(24)22-18-7-9-19(10-8-18)26-17-14-23-12-15-25-16-13-23/h7-10H,4-6,11-17H2,1-3H3,(H,22,24). The molecule has 1 aromatic rings. The van der Waals surface area contributed by atoms with Gasteiger partial charge in [0, 0.05) is 31.9 Å². The number of hydrogen-bond donors (Lipinski definition) is 1. The van der Waals surface area contributed by atoms with E-state index in [0.29, 0.717) is 19.6 Å². The second-order valence-corrected chi connectivity index (χ2v) is 7.05. The van der Waals surface area contributed by atoms with Crippen LogP contribution in [-0.2, 0) is 14.3 Å². The van der Waals surface area contributed by atoms with Crippen LogP contribution in [0.25, 0.3) is 0 Å². The SMILES string of the molecule is CCCCC(C)(OCC)C(=O)Nc1ccc(OCCN2CCOCC2)cc1. The molecule has 1 N–H and O–H groups in total. The highest BCUT2D eigenvalue weighted by Gasteiger charge is 2.33. The summed E-state index contributed by atoms with van der Waals surface area (Å²) in [5, 5.41) is 2.97. The van der Waals surface area contributed by atoms with Gasteiger partial charge in [0.05, 0.1) is 13.2 Å². The van der Waals surface area contributed by atoms with Crippen molar-refractivity contribution in [3.63, 3.8) is 0 Å². The molecule has 6 heteroatoms. The minimum atomic E-state index is -0.794. The molecule has 152 valence electrons. The zero-order chi connectivity index (χ0) is 19.5. The van der Waals surface area contributed by atoms with Crippen molar-refractivity contribution in [2.45, 2.75) is 45.6 Å². The van der Waals surface area contributed by atoms with Gasteiger partial charge in [-0.05, 0) is 44.5 Å². The third-order valence-corrected chi connectivity index (χ3v) is 4.84. The molecule has 27 heavy (non-hydrogen) atoms. The molecule has 1 unspecified atom stereocenters. The molecule has 1 fully saturated rings. The molecule has 0 radical (unpaired) electrons. The molecule has 1 heterocycles. The van der Waals surface area contributed by atoms with Crippen molar-refractivity contribution in [2.75, 3.05) is 51.4 Å². The quantitative estimate of drug-likeness (QED) is 0.640. The fourth-order valence-electron chi connectivity index (χ4n) is 3.10. The maximum absolute atomic E-state index is 12.7. The Morgan fingerprint density at radius 3 is 2.56 bits per heavy atom. The third-order valence-electron chi connectivity index (χ3n) is 4.84. The number of anilines is 1. The summed E-state index contributed by atoms with van der Waals surface area (Å²) in [6.45, 7) is 11.5. The van der Waals surface area contributed by atoms with Crippen molar-refractivity contribution in [1.29, 1.82) is 0 Å². The van der Waals surface area contributed by atoms with Gasteiger partial charge in [-0.25, -0.2) is 0 Å². The first-order chi connectivity index (χ1) is 13.1. The van der Waals surface area contributed by atoms with Crippen molar-refractivity contribution in [3.05, 3.63) is 24.3 Å². The van der Waals surface area contributed by atoms with E-state index in [2.05, 4.69) is 17.1 Å². The van der Waals surface area contributed by atoms with E-state index in [0.717, 1.165) is 57.1 Å². The molecular formula is C21H34N2O4. The molecule has 0 bridgehead atoms. The predicted molar refractivity (Wildman–Crippen MR) is 107 cm³/mol. The number of morpholine rings is 1. The summed E-state index contributed by atoms with van der Waals surface area (Å²) in [7, 11) is 0. The number of nitrogens with one attached hydrogen (secondary N) is 1. The van der Waals surface area contributed by atoms with Crippen molar-refractivity contribution in [1.82, 2.24) is 4.90 Å². The zero-order valence-corrected chi connectivity index (χ0v) is 17.0. The van der Waals surface area contributed by atoms with E-state index in [4.69, 9.17) is 14.2 Å². The van der Waals surface area contributed by atoms with Gasteiger partial charge in [-0.2, -0.15) is 0 Å². The number of unbranched alkanes of at least 4 members (excludes halogenated alkanes) is 1. The maximum Gasteiger partial charge on any atom is 0.256 e. The van der Waals surface area contributed by atoms with E-state index in [-0.39, 0.29) is 5.91 Å². The van der Waals surface area contributed by atoms with Crippen LogP contribution in [0.1, 0.15) is 40.0 Å². The van der Waals surface area contributed by atoms with Gasteiger partial charge in [0.15, 0.2) is 0 Å². The summed E-state index contributed by atoms with van der Waals surface area (Å²) < 4.78 is 16.9. The minimum absolute atomic E-state index is 0.0983. The first kappa shape index (κ1) is 21.7. The summed E-state index contributed by atoms with van der Waals surface area (Å²) in [5.41, 5.74) is -0.0408. The number of hydrogen-bond acceptors (Lipinski definition) is 5. The summed E-state index contributed by atoms with van der Waals surface area (Å²) in [4.78, 5) is 15.0. The van der Waals surface area contributed by atoms with Crippen LogP contribution in [0.5, 0.6) is 5.75 Å². The smallest absolute Gasteiger partial charge is 0.256 e. The second kappa shape index (κ2) is 11.3. The Bertz CT molecular complexity index is 558. The van der Waals surface area contributed by atoms with Crippen molar-refractivity contribution in [3.8, 4) is 5.75 Å². The molecule has 1 aliphatic rings. The Balaban J connectivity index is 1.81. The van der Waals surface area contributed by atoms with Crippen LogP contribution < -0.4 is 10.1 Å². The zero-order valence-electron chi connectivity index (χ0n) is 17.0. The van der Waals surface area contributed by atoms with Gasteiger partial charge in [0.25, 0.3) is 5.91 Å². The molecule has 0 spiro atoms. The first-order valence-electron chi connectivity index (χ1n) is 10.1. The van der Waals surface area contributed by atoms with E-state index in [1.807, 2.05) is 38.1 Å². The fourth-order valence-corrected chi connectivity index (χ4v) is 3.10. The number of carbonyl (C=O) groups excluding carboxylic acids is 1. The van der Waals surface area contributed by atoms with Crippen LogP contribution in [0.3, 0.4) is 0 Å². The molecule has 0 saturated carbocycles. The van der Waals surface area contributed by atoms with Crippen LogP contribution in [-0.4, -0.2) is 62.5 Å². The van der Waals surface area contributed by atoms with E-state index >= 15 is 0 Å². The monoisotopic (exact) mass is 378 g/mol. The predicted octanol–water partition coefficient (Wildman–Crippen LogP) is 3.32. The average Bonchev–Trinajstić information content (AvgIpc) is 2.69.